The molecule has 23 heavy (non-hydrogen) atoms. The number of carbonyl (C=O) groups excluding carboxylic acids is 1. The molecule has 6 heteroatoms. The van der Waals surface area contributed by atoms with Crippen molar-refractivity contribution in [2.24, 2.45) is 0 Å². The Morgan fingerprint density at radius 1 is 1.26 bits per heavy atom. The maximum Gasteiger partial charge on any atom is 0.248 e. The molecule has 0 saturated carbocycles. The van der Waals surface area contributed by atoms with Gasteiger partial charge in [-0.05, 0) is 44.5 Å². The van der Waals surface area contributed by atoms with Crippen molar-refractivity contribution in [2.45, 2.75) is 31.3 Å². The Balaban J connectivity index is 0.00000192. The number of piperidine rings is 1. The van der Waals surface area contributed by atoms with Crippen molar-refractivity contribution in [3.8, 4) is 0 Å². The van der Waals surface area contributed by atoms with E-state index in [9.17, 15) is 4.79 Å². The standard InChI is InChI=1S/C17H22N4O.ClH/c1-14(15-6-3-2-4-7-15)20-16(22)17(8-11-18-12-9-17)21-13-5-10-19-21;/h2-7,10,13-14,18H,8-9,11-12H2,1H3,(H,20,22);1H. The van der Waals surface area contributed by atoms with E-state index in [-0.39, 0.29) is 24.4 Å². The van der Waals surface area contributed by atoms with Gasteiger partial charge in [-0.1, -0.05) is 30.3 Å². The molecule has 1 atom stereocenters. The number of hydrogen-bond acceptors (Lipinski definition) is 3. The Bertz CT molecular complexity index is 609. The molecule has 0 aliphatic carbocycles. The fourth-order valence-electron chi connectivity index (χ4n) is 3.08. The normalized spacial score (nSPS) is 17.8. The molecule has 0 spiro atoms. The number of hydrogen-bond donors (Lipinski definition) is 2. The molecule has 1 aliphatic heterocycles. The van der Waals surface area contributed by atoms with Crippen LogP contribution in [0.3, 0.4) is 0 Å². The summed E-state index contributed by atoms with van der Waals surface area (Å²) < 4.78 is 1.82. The van der Waals surface area contributed by atoms with Gasteiger partial charge in [-0.15, -0.1) is 12.4 Å². The second kappa shape index (κ2) is 7.62. The number of nitrogens with one attached hydrogen (secondary N) is 2. The van der Waals surface area contributed by atoms with Gasteiger partial charge >= 0.3 is 0 Å². The lowest BCUT2D eigenvalue weighted by Gasteiger charge is -2.37. The number of benzene rings is 1. The van der Waals surface area contributed by atoms with Crippen molar-refractivity contribution in [1.82, 2.24) is 20.4 Å². The molecule has 1 aromatic heterocycles. The molecule has 0 bridgehead atoms. The second-order valence-corrected chi connectivity index (χ2v) is 5.84. The van der Waals surface area contributed by atoms with Crippen LogP contribution in [0.15, 0.2) is 48.8 Å². The zero-order valence-corrected chi connectivity index (χ0v) is 14.1. The molecule has 2 heterocycles. The van der Waals surface area contributed by atoms with Gasteiger partial charge in [-0.2, -0.15) is 5.10 Å². The summed E-state index contributed by atoms with van der Waals surface area (Å²) in [5, 5.41) is 10.8. The van der Waals surface area contributed by atoms with E-state index in [1.165, 1.54) is 0 Å². The van der Waals surface area contributed by atoms with Gasteiger partial charge in [-0.25, -0.2) is 0 Å². The summed E-state index contributed by atoms with van der Waals surface area (Å²) in [6, 6.07) is 11.9. The van der Waals surface area contributed by atoms with E-state index in [1.54, 1.807) is 6.20 Å². The first kappa shape index (κ1) is 17.5. The molecule has 1 fully saturated rings. The molecule has 5 nitrogen and oxygen atoms in total. The van der Waals surface area contributed by atoms with E-state index in [1.807, 2.05) is 54.2 Å². The summed E-state index contributed by atoms with van der Waals surface area (Å²) in [5.41, 5.74) is 0.526. The summed E-state index contributed by atoms with van der Waals surface area (Å²) in [7, 11) is 0. The van der Waals surface area contributed by atoms with Gasteiger partial charge in [0.15, 0.2) is 0 Å². The van der Waals surface area contributed by atoms with Crippen LogP contribution in [0.5, 0.6) is 0 Å². The Labute approximate surface area is 142 Å². The molecular formula is C17H23ClN4O. The number of nitrogens with zero attached hydrogens (tertiary/aromatic N) is 2. The summed E-state index contributed by atoms with van der Waals surface area (Å²) >= 11 is 0. The van der Waals surface area contributed by atoms with Crippen LogP contribution in [0, 0.1) is 0 Å². The lowest BCUT2D eigenvalue weighted by Crippen LogP contribution is -2.54. The first-order valence-corrected chi connectivity index (χ1v) is 7.79. The lowest BCUT2D eigenvalue weighted by atomic mass is 9.87. The van der Waals surface area contributed by atoms with Crippen molar-refractivity contribution in [3.63, 3.8) is 0 Å². The number of amides is 1. The van der Waals surface area contributed by atoms with E-state index in [4.69, 9.17) is 0 Å². The number of halogens is 1. The van der Waals surface area contributed by atoms with Crippen LogP contribution in [-0.4, -0.2) is 28.8 Å². The zero-order chi connectivity index (χ0) is 15.4. The quantitative estimate of drug-likeness (QED) is 0.901. The van der Waals surface area contributed by atoms with Crippen LogP contribution in [0.25, 0.3) is 0 Å². The van der Waals surface area contributed by atoms with Crippen LogP contribution >= 0.6 is 12.4 Å². The lowest BCUT2D eigenvalue weighted by molar-refractivity contribution is -0.132. The monoisotopic (exact) mass is 334 g/mol. The Morgan fingerprint density at radius 2 is 1.96 bits per heavy atom. The average Bonchev–Trinajstić information content (AvgIpc) is 3.11. The highest BCUT2D eigenvalue weighted by Gasteiger charge is 2.42. The highest BCUT2D eigenvalue weighted by Crippen LogP contribution is 2.28. The van der Waals surface area contributed by atoms with Crippen molar-refractivity contribution in [2.75, 3.05) is 13.1 Å². The molecule has 124 valence electrons. The van der Waals surface area contributed by atoms with Crippen molar-refractivity contribution >= 4 is 18.3 Å². The molecule has 1 aliphatic rings. The van der Waals surface area contributed by atoms with Gasteiger partial charge in [0.25, 0.3) is 0 Å². The maximum atomic E-state index is 13.0. The second-order valence-electron chi connectivity index (χ2n) is 5.84. The molecule has 1 unspecified atom stereocenters. The van der Waals surface area contributed by atoms with Crippen LogP contribution in [0.4, 0.5) is 0 Å². The van der Waals surface area contributed by atoms with Crippen LogP contribution in [0.2, 0.25) is 0 Å². The minimum atomic E-state index is -0.586. The third kappa shape index (κ3) is 3.57. The predicted molar refractivity (Wildman–Crippen MR) is 92.6 cm³/mol. The van der Waals surface area contributed by atoms with Gasteiger partial charge in [0, 0.05) is 12.4 Å². The first-order chi connectivity index (χ1) is 10.7. The molecule has 2 N–H and O–H groups in total. The van der Waals surface area contributed by atoms with E-state index < -0.39 is 5.54 Å². The highest BCUT2D eigenvalue weighted by molar-refractivity contribution is 5.85. The fraction of sp³-hybridized carbons (Fsp3) is 0.412. The third-order valence-corrected chi connectivity index (χ3v) is 4.44. The maximum absolute atomic E-state index is 13.0. The topological polar surface area (TPSA) is 59.0 Å². The molecule has 1 amide bonds. The van der Waals surface area contributed by atoms with Crippen molar-refractivity contribution in [1.29, 1.82) is 0 Å². The van der Waals surface area contributed by atoms with Crippen molar-refractivity contribution in [3.05, 3.63) is 54.4 Å². The predicted octanol–water partition coefficient (Wildman–Crippen LogP) is 2.26. The van der Waals surface area contributed by atoms with Gasteiger partial charge in [-0.3, -0.25) is 9.48 Å². The molecule has 1 aromatic carbocycles. The Kier molecular flexibility index (Phi) is 5.80. The molecular weight excluding hydrogens is 312 g/mol. The highest BCUT2D eigenvalue weighted by atomic mass is 35.5. The van der Waals surface area contributed by atoms with Gasteiger partial charge in [0.1, 0.15) is 5.54 Å². The third-order valence-electron chi connectivity index (χ3n) is 4.44. The van der Waals surface area contributed by atoms with Gasteiger partial charge in [0.05, 0.1) is 6.04 Å². The fourth-order valence-corrected chi connectivity index (χ4v) is 3.08. The Hall–Kier alpha value is -1.85. The average molecular weight is 335 g/mol. The van der Waals surface area contributed by atoms with E-state index in [0.29, 0.717) is 0 Å². The summed E-state index contributed by atoms with van der Waals surface area (Å²) in [5.74, 6) is 0.0500. The largest absolute Gasteiger partial charge is 0.347 e. The summed E-state index contributed by atoms with van der Waals surface area (Å²) in [6.45, 7) is 3.67. The zero-order valence-electron chi connectivity index (χ0n) is 13.2. The van der Waals surface area contributed by atoms with E-state index in [0.717, 1.165) is 31.5 Å². The summed E-state index contributed by atoms with van der Waals surface area (Å²) in [4.78, 5) is 13.0. The van der Waals surface area contributed by atoms with E-state index in [2.05, 4.69) is 15.7 Å². The minimum Gasteiger partial charge on any atom is -0.347 e. The Morgan fingerprint density at radius 3 is 2.57 bits per heavy atom. The van der Waals surface area contributed by atoms with Crippen molar-refractivity contribution < 1.29 is 4.79 Å². The molecule has 2 aromatic rings. The number of carbonyl (C=O) groups is 1. The SMILES string of the molecule is CC(NC(=O)C1(n2cccn2)CCNCC1)c1ccccc1.Cl. The number of rotatable bonds is 4. The van der Waals surface area contributed by atoms with Gasteiger partial charge in [0.2, 0.25) is 5.91 Å². The van der Waals surface area contributed by atoms with Gasteiger partial charge < -0.3 is 10.6 Å². The smallest absolute Gasteiger partial charge is 0.248 e. The summed E-state index contributed by atoms with van der Waals surface area (Å²) in [6.07, 6.45) is 5.12. The number of aromatic nitrogens is 2. The molecule has 0 radical (unpaired) electrons. The van der Waals surface area contributed by atoms with E-state index >= 15 is 0 Å². The molecule has 3 rings (SSSR count). The molecule has 1 saturated heterocycles. The van der Waals surface area contributed by atoms with Crippen LogP contribution in [-0.2, 0) is 10.3 Å². The van der Waals surface area contributed by atoms with Crippen LogP contribution in [0.1, 0.15) is 31.4 Å². The minimum absolute atomic E-state index is 0. The first-order valence-electron chi connectivity index (χ1n) is 7.79. The van der Waals surface area contributed by atoms with Crippen LogP contribution < -0.4 is 10.6 Å².